The van der Waals surface area contributed by atoms with Crippen LogP contribution in [0.25, 0.3) is 0 Å². The number of nitrogens with two attached hydrogens (primary N) is 1. The summed E-state index contributed by atoms with van der Waals surface area (Å²) in [6.07, 6.45) is 3.91. The third-order valence-electron chi connectivity index (χ3n) is 4.12. The van der Waals surface area contributed by atoms with E-state index in [-0.39, 0.29) is 6.04 Å². The van der Waals surface area contributed by atoms with Crippen molar-refractivity contribution in [3.63, 3.8) is 0 Å². The van der Waals surface area contributed by atoms with Crippen LogP contribution in [-0.2, 0) is 6.42 Å². The van der Waals surface area contributed by atoms with E-state index in [1.807, 2.05) is 6.20 Å². The van der Waals surface area contributed by atoms with Crippen LogP contribution in [0.4, 0.5) is 5.82 Å². The van der Waals surface area contributed by atoms with Gasteiger partial charge in [-0.25, -0.2) is 4.98 Å². The fourth-order valence-corrected chi connectivity index (χ4v) is 2.43. The van der Waals surface area contributed by atoms with E-state index >= 15 is 0 Å². The minimum atomic E-state index is 0.247. The van der Waals surface area contributed by atoms with Gasteiger partial charge in [0.25, 0.3) is 0 Å². The molecule has 1 aromatic rings. The first-order valence-electron chi connectivity index (χ1n) is 7.25. The molecule has 1 saturated heterocycles. The van der Waals surface area contributed by atoms with Gasteiger partial charge in [-0.05, 0) is 38.4 Å². The molecule has 1 aliphatic rings. The zero-order valence-electron chi connectivity index (χ0n) is 12.3. The molecule has 2 unspecified atom stereocenters. The van der Waals surface area contributed by atoms with Gasteiger partial charge in [0.1, 0.15) is 5.82 Å². The number of nitrogens with zero attached hydrogens (tertiary/aromatic N) is 3. The summed E-state index contributed by atoms with van der Waals surface area (Å²) in [5.74, 6) is 1.09. The maximum Gasteiger partial charge on any atom is 0.128 e. The lowest BCUT2D eigenvalue weighted by molar-refractivity contribution is 0.233. The molecule has 0 aliphatic carbocycles. The van der Waals surface area contributed by atoms with Crippen LogP contribution in [0.1, 0.15) is 25.8 Å². The van der Waals surface area contributed by atoms with E-state index in [0.717, 1.165) is 38.3 Å². The molecule has 0 saturated carbocycles. The largest absolute Gasteiger partial charge is 0.354 e. The Balaban J connectivity index is 1.98. The molecule has 2 atom stereocenters. The monoisotopic (exact) mass is 262 g/mol. The fraction of sp³-hybridized carbons (Fsp3) is 0.667. The Bertz CT molecular complexity index is 390. The minimum absolute atomic E-state index is 0.247. The highest BCUT2D eigenvalue weighted by molar-refractivity contribution is 5.40. The second-order valence-electron chi connectivity index (χ2n) is 5.67. The fourth-order valence-electron chi connectivity index (χ4n) is 2.43. The molecule has 1 aromatic heterocycles. The maximum absolute atomic E-state index is 5.98. The number of aromatic nitrogens is 1. The summed E-state index contributed by atoms with van der Waals surface area (Å²) in [4.78, 5) is 9.36. The molecular formula is C15H26N4. The van der Waals surface area contributed by atoms with Crippen LogP contribution >= 0.6 is 0 Å². The summed E-state index contributed by atoms with van der Waals surface area (Å²) in [6, 6.07) is 5.14. The van der Waals surface area contributed by atoms with Crippen molar-refractivity contribution < 1.29 is 0 Å². The van der Waals surface area contributed by atoms with Crippen molar-refractivity contribution in [3.8, 4) is 0 Å². The lowest BCUT2D eigenvalue weighted by Gasteiger charge is -2.38. The summed E-state index contributed by atoms with van der Waals surface area (Å²) in [5, 5.41) is 0. The molecule has 0 amide bonds. The van der Waals surface area contributed by atoms with Crippen molar-refractivity contribution in [2.75, 3.05) is 31.6 Å². The van der Waals surface area contributed by atoms with Gasteiger partial charge in [-0.3, -0.25) is 0 Å². The Kier molecular flexibility index (Phi) is 4.77. The molecule has 1 aliphatic heterocycles. The van der Waals surface area contributed by atoms with Gasteiger partial charge in [-0.2, -0.15) is 0 Å². The van der Waals surface area contributed by atoms with E-state index in [9.17, 15) is 0 Å². The molecule has 0 spiro atoms. The van der Waals surface area contributed by atoms with Crippen LogP contribution in [0, 0.1) is 0 Å². The molecule has 2 heterocycles. The number of hydrogen-bond donors (Lipinski definition) is 1. The number of rotatable bonds is 4. The van der Waals surface area contributed by atoms with E-state index in [1.165, 1.54) is 5.56 Å². The van der Waals surface area contributed by atoms with Crippen LogP contribution in [0.15, 0.2) is 18.3 Å². The smallest absolute Gasteiger partial charge is 0.128 e. The van der Waals surface area contributed by atoms with E-state index < -0.39 is 0 Å². The quantitative estimate of drug-likeness (QED) is 0.893. The molecule has 0 radical (unpaired) electrons. The van der Waals surface area contributed by atoms with Gasteiger partial charge < -0.3 is 15.5 Å². The van der Waals surface area contributed by atoms with E-state index in [4.69, 9.17) is 5.73 Å². The lowest BCUT2D eigenvalue weighted by atomic mass is 10.1. The third kappa shape index (κ3) is 3.67. The first kappa shape index (κ1) is 14.3. The van der Waals surface area contributed by atoms with Crippen molar-refractivity contribution in [2.24, 2.45) is 5.73 Å². The second kappa shape index (κ2) is 6.35. The van der Waals surface area contributed by atoms with Crippen LogP contribution in [0.3, 0.4) is 0 Å². The van der Waals surface area contributed by atoms with E-state index in [1.54, 1.807) is 0 Å². The Labute approximate surface area is 116 Å². The number of hydrogen-bond acceptors (Lipinski definition) is 4. The predicted molar refractivity (Wildman–Crippen MR) is 80.5 cm³/mol. The molecule has 0 aromatic carbocycles. The van der Waals surface area contributed by atoms with Crippen molar-refractivity contribution in [2.45, 2.75) is 38.8 Å². The maximum atomic E-state index is 5.98. The molecule has 106 valence electrons. The SMILES string of the molecule is CCC(N)Cc1ccc(N2CCN(C)C(C)C2)nc1. The number of piperazine rings is 1. The summed E-state index contributed by atoms with van der Waals surface area (Å²) in [6.45, 7) is 7.60. The molecular weight excluding hydrogens is 236 g/mol. The van der Waals surface area contributed by atoms with Gasteiger partial charge in [0.2, 0.25) is 0 Å². The Morgan fingerprint density at radius 2 is 2.21 bits per heavy atom. The zero-order valence-corrected chi connectivity index (χ0v) is 12.3. The standard InChI is InChI=1S/C15H26N4/c1-4-14(16)9-13-5-6-15(17-10-13)19-8-7-18(3)12(2)11-19/h5-6,10,12,14H,4,7-9,11,16H2,1-3H3. The highest BCUT2D eigenvalue weighted by Crippen LogP contribution is 2.16. The number of anilines is 1. The van der Waals surface area contributed by atoms with Crippen LogP contribution in [0.5, 0.6) is 0 Å². The average molecular weight is 262 g/mol. The van der Waals surface area contributed by atoms with Gasteiger partial charge in [0, 0.05) is 37.9 Å². The molecule has 4 nitrogen and oxygen atoms in total. The molecule has 0 bridgehead atoms. The molecule has 4 heteroatoms. The van der Waals surface area contributed by atoms with Crippen molar-refractivity contribution in [3.05, 3.63) is 23.9 Å². The number of likely N-dealkylation sites (N-methyl/N-ethyl adjacent to an activating group) is 1. The van der Waals surface area contributed by atoms with Crippen molar-refractivity contribution >= 4 is 5.82 Å². The van der Waals surface area contributed by atoms with Crippen LogP contribution in [0.2, 0.25) is 0 Å². The Morgan fingerprint density at radius 1 is 1.42 bits per heavy atom. The van der Waals surface area contributed by atoms with Crippen molar-refractivity contribution in [1.29, 1.82) is 0 Å². The summed E-state index contributed by atoms with van der Waals surface area (Å²) >= 11 is 0. The van der Waals surface area contributed by atoms with E-state index in [0.29, 0.717) is 6.04 Å². The van der Waals surface area contributed by atoms with Crippen molar-refractivity contribution in [1.82, 2.24) is 9.88 Å². The Morgan fingerprint density at radius 3 is 2.79 bits per heavy atom. The molecule has 2 rings (SSSR count). The highest BCUT2D eigenvalue weighted by atomic mass is 15.3. The van der Waals surface area contributed by atoms with Gasteiger partial charge in [0.05, 0.1) is 0 Å². The predicted octanol–water partition coefficient (Wildman–Crippen LogP) is 1.50. The molecule has 1 fully saturated rings. The van der Waals surface area contributed by atoms with Gasteiger partial charge in [-0.1, -0.05) is 13.0 Å². The average Bonchev–Trinajstić information content (AvgIpc) is 2.42. The van der Waals surface area contributed by atoms with Gasteiger partial charge in [-0.15, -0.1) is 0 Å². The third-order valence-corrected chi connectivity index (χ3v) is 4.12. The molecule has 2 N–H and O–H groups in total. The first-order chi connectivity index (χ1) is 9.10. The highest BCUT2D eigenvalue weighted by Gasteiger charge is 2.21. The summed E-state index contributed by atoms with van der Waals surface area (Å²) in [7, 11) is 2.19. The normalized spacial score (nSPS) is 22.5. The van der Waals surface area contributed by atoms with Crippen LogP contribution < -0.4 is 10.6 Å². The summed E-state index contributed by atoms with van der Waals surface area (Å²) < 4.78 is 0. The Hall–Kier alpha value is -1.13. The lowest BCUT2D eigenvalue weighted by Crippen LogP contribution is -2.50. The van der Waals surface area contributed by atoms with Crippen LogP contribution in [-0.4, -0.2) is 48.6 Å². The number of pyridine rings is 1. The first-order valence-corrected chi connectivity index (χ1v) is 7.25. The summed E-state index contributed by atoms with van der Waals surface area (Å²) in [5.41, 5.74) is 7.21. The minimum Gasteiger partial charge on any atom is -0.354 e. The van der Waals surface area contributed by atoms with Gasteiger partial charge >= 0.3 is 0 Å². The topological polar surface area (TPSA) is 45.4 Å². The van der Waals surface area contributed by atoms with Gasteiger partial charge in [0.15, 0.2) is 0 Å². The zero-order chi connectivity index (χ0) is 13.8. The second-order valence-corrected chi connectivity index (χ2v) is 5.67. The molecule has 19 heavy (non-hydrogen) atoms. The van der Waals surface area contributed by atoms with E-state index in [2.05, 4.69) is 47.8 Å².